The smallest absolute Gasteiger partial charge is 0.294 e. The van der Waals surface area contributed by atoms with Crippen LogP contribution in [0.5, 0.6) is 0 Å². The third-order valence-corrected chi connectivity index (χ3v) is 1.41. The summed E-state index contributed by atoms with van der Waals surface area (Å²) in [6.45, 7) is 1.05. The first-order valence-corrected chi connectivity index (χ1v) is 3.08. The number of carbonyl (C=O) groups excluding carboxylic acids is 1. The Hall–Kier alpha value is -0.320. The lowest BCUT2D eigenvalue weighted by Crippen LogP contribution is -2.04. The lowest BCUT2D eigenvalue weighted by atomic mass is 10.4. The van der Waals surface area contributed by atoms with Crippen LogP contribution in [0.1, 0.15) is 6.92 Å². The molecule has 58 valence electrons. The fourth-order valence-electron chi connectivity index (χ4n) is 0.245. The Balaban J connectivity index is 4.32. The summed E-state index contributed by atoms with van der Waals surface area (Å²) >= 11 is 2.47. The van der Waals surface area contributed by atoms with E-state index in [1.54, 1.807) is 0 Å². The second kappa shape index (κ2) is 3.18. The van der Waals surface area contributed by atoms with Gasteiger partial charge in [0.1, 0.15) is 0 Å². The fourth-order valence-corrected chi connectivity index (χ4v) is 0.505. The van der Waals surface area contributed by atoms with Gasteiger partial charge in [-0.15, -0.1) is 0 Å². The predicted octanol–water partition coefficient (Wildman–Crippen LogP) is 2.42. The highest BCUT2D eigenvalue weighted by atomic mass is 79.9. The van der Waals surface area contributed by atoms with Crippen molar-refractivity contribution in [2.24, 2.45) is 0 Å². The summed E-state index contributed by atoms with van der Waals surface area (Å²) in [7, 11) is 0. The average molecular weight is 217 g/mol. The molecule has 0 aliphatic rings. The van der Waals surface area contributed by atoms with Crippen LogP contribution in [0, 0.1) is 0 Å². The minimum Gasteiger partial charge on any atom is -0.294 e. The lowest BCUT2D eigenvalue weighted by Gasteiger charge is -1.98. The highest BCUT2D eigenvalue weighted by molar-refractivity contribution is 9.12. The van der Waals surface area contributed by atoms with Crippen molar-refractivity contribution in [3.05, 3.63) is 10.6 Å². The molecular formula is C5H4BrF3O. The third-order valence-electron chi connectivity index (χ3n) is 0.627. The van der Waals surface area contributed by atoms with Gasteiger partial charge in [-0.1, -0.05) is 0 Å². The zero-order valence-electron chi connectivity index (χ0n) is 5.00. The Bertz CT molecular complexity index is 170. The summed E-state index contributed by atoms with van der Waals surface area (Å²) in [5.74, 6) is -0.641. The van der Waals surface area contributed by atoms with Crippen LogP contribution in [0.25, 0.3) is 0 Å². The van der Waals surface area contributed by atoms with E-state index in [4.69, 9.17) is 0 Å². The molecule has 0 spiro atoms. The number of hydrogen-bond acceptors (Lipinski definition) is 1. The van der Waals surface area contributed by atoms with E-state index >= 15 is 0 Å². The van der Waals surface area contributed by atoms with Crippen LogP contribution < -0.4 is 0 Å². The van der Waals surface area contributed by atoms with Gasteiger partial charge < -0.3 is 0 Å². The van der Waals surface area contributed by atoms with Gasteiger partial charge in [-0.25, -0.2) is 0 Å². The quantitative estimate of drug-likeness (QED) is 0.616. The summed E-state index contributed by atoms with van der Waals surface area (Å²) < 4.78 is 33.8. The standard InChI is InChI=1S/C5H4BrF3O/c1-3(10)4(6)2-5(7,8)9/h2H,1H3. The molecule has 0 unspecified atom stereocenters. The molecule has 0 saturated heterocycles. The van der Waals surface area contributed by atoms with Crippen LogP contribution in [0.2, 0.25) is 0 Å². The van der Waals surface area contributed by atoms with Gasteiger partial charge in [0, 0.05) is 6.08 Å². The van der Waals surface area contributed by atoms with Gasteiger partial charge >= 0.3 is 6.18 Å². The van der Waals surface area contributed by atoms with Crippen molar-refractivity contribution in [3.63, 3.8) is 0 Å². The van der Waals surface area contributed by atoms with E-state index in [1.165, 1.54) is 0 Å². The van der Waals surface area contributed by atoms with Gasteiger partial charge in [-0.2, -0.15) is 13.2 Å². The molecule has 0 rings (SSSR count). The van der Waals surface area contributed by atoms with E-state index in [9.17, 15) is 18.0 Å². The SMILES string of the molecule is CC(=O)C(Br)=CC(F)(F)F. The van der Waals surface area contributed by atoms with E-state index < -0.39 is 16.4 Å². The molecule has 0 aliphatic heterocycles. The molecule has 0 fully saturated rings. The minimum atomic E-state index is -4.43. The van der Waals surface area contributed by atoms with E-state index in [-0.39, 0.29) is 6.08 Å². The molecule has 0 aromatic carbocycles. The fraction of sp³-hybridized carbons (Fsp3) is 0.400. The van der Waals surface area contributed by atoms with Crippen LogP contribution in [0.15, 0.2) is 10.6 Å². The molecule has 0 aliphatic carbocycles. The predicted molar refractivity (Wildman–Crippen MR) is 33.7 cm³/mol. The molecule has 10 heavy (non-hydrogen) atoms. The number of Topliss-reactive ketones (excluding diaryl/α,β-unsaturated/α-hetero) is 1. The zero-order valence-corrected chi connectivity index (χ0v) is 6.58. The highest BCUT2D eigenvalue weighted by Gasteiger charge is 2.24. The number of allylic oxidation sites excluding steroid dienone is 2. The minimum absolute atomic E-state index is 0.0880. The molecule has 1 nitrogen and oxygen atoms in total. The number of carbonyl (C=O) groups is 1. The normalized spacial score (nSPS) is 13.5. The van der Waals surface area contributed by atoms with E-state index in [1.807, 2.05) is 0 Å². The molecule has 0 aromatic rings. The monoisotopic (exact) mass is 216 g/mol. The Labute approximate surface area is 64.0 Å². The zero-order chi connectivity index (χ0) is 8.36. The number of ketones is 1. The second-order valence-corrected chi connectivity index (χ2v) is 2.44. The third kappa shape index (κ3) is 4.55. The molecule has 0 saturated carbocycles. The van der Waals surface area contributed by atoms with Crippen molar-refractivity contribution >= 4 is 21.7 Å². The Kier molecular flexibility index (Phi) is 3.08. The van der Waals surface area contributed by atoms with Crippen LogP contribution >= 0.6 is 15.9 Å². The molecule has 0 radical (unpaired) electrons. The van der Waals surface area contributed by atoms with E-state index in [0.717, 1.165) is 6.92 Å². The van der Waals surface area contributed by atoms with Crippen molar-refractivity contribution in [1.29, 1.82) is 0 Å². The van der Waals surface area contributed by atoms with Crippen LogP contribution in [-0.4, -0.2) is 12.0 Å². The molecule has 0 amide bonds. The van der Waals surface area contributed by atoms with Crippen molar-refractivity contribution < 1.29 is 18.0 Å². The summed E-state index contributed by atoms with van der Waals surface area (Å²) in [6, 6.07) is 0. The first-order chi connectivity index (χ1) is 4.33. The summed E-state index contributed by atoms with van der Waals surface area (Å²) in [6.07, 6.45) is -4.51. The van der Waals surface area contributed by atoms with Crippen LogP contribution in [0.4, 0.5) is 13.2 Å². The second-order valence-electron chi connectivity index (χ2n) is 1.59. The van der Waals surface area contributed by atoms with Gasteiger partial charge in [-0.05, 0) is 22.9 Å². The van der Waals surface area contributed by atoms with Crippen molar-refractivity contribution in [3.8, 4) is 0 Å². The Morgan fingerprint density at radius 1 is 1.50 bits per heavy atom. The van der Waals surface area contributed by atoms with Gasteiger partial charge in [0.2, 0.25) is 0 Å². The number of rotatable bonds is 1. The average Bonchev–Trinajstić information content (AvgIpc) is 1.60. The van der Waals surface area contributed by atoms with Crippen molar-refractivity contribution in [2.45, 2.75) is 13.1 Å². The maximum absolute atomic E-state index is 11.4. The highest BCUT2D eigenvalue weighted by Crippen LogP contribution is 2.21. The summed E-state index contributed by atoms with van der Waals surface area (Å²) in [5, 5.41) is 0. The molecular weight excluding hydrogens is 213 g/mol. The first-order valence-electron chi connectivity index (χ1n) is 2.29. The maximum atomic E-state index is 11.4. The Morgan fingerprint density at radius 2 is 1.90 bits per heavy atom. The molecule has 0 N–H and O–H groups in total. The number of alkyl halides is 3. The molecule has 0 bridgehead atoms. The topological polar surface area (TPSA) is 17.1 Å². The largest absolute Gasteiger partial charge is 0.410 e. The van der Waals surface area contributed by atoms with E-state index in [0.29, 0.717) is 0 Å². The lowest BCUT2D eigenvalue weighted by molar-refractivity contribution is -0.113. The maximum Gasteiger partial charge on any atom is 0.410 e. The molecule has 0 atom stereocenters. The summed E-state index contributed by atoms with van der Waals surface area (Å²) in [4.78, 5) is 10.2. The van der Waals surface area contributed by atoms with Gasteiger partial charge in [0.25, 0.3) is 0 Å². The van der Waals surface area contributed by atoms with Gasteiger partial charge in [0.15, 0.2) is 5.78 Å². The van der Waals surface area contributed by atoms with Crippen molar-refractivity contribution in [2.75, 3.05) is 0 Å². The first kappa shape index (κ1) is 9.68. The van der Waals surface area contributed by atoms with E-state index in [2.05, 4.69) is 15.9 Å². The molecule has 0 aromatic heterocycles. The molecule has 0 heterocycles. The van der Waals surface area contributed by atoms with Gasteiger partial charge in [0.05, 0.1) is 4.48 Å². The van der Waals surface area contributed by atoms with Gasteiger partial charge in [-0.3, -0.25) is 4.79 Å². The number of halogens is 4. The summed E-state index contributed by atoms with van der Waals surface area (Å²) in [5.41, 5.74) is 0. The van der Waals surface area contributed by atoms with Crippen LogP contribution in [-0.2, 0) is 4.79 Å². The van der Waals surface area contributed by atoms with Crippen molar-refractivity contribution in [1.82, 2.24) is 0 Å². The Morgan fingerprint density at radius 3 is 2.00 bits per heavy atom. The van der Waals surface area contributed by atoms with Crippen LogP contribution in [0.3, 0.4) is 0 Å². The number of hydrogen-bond donors (Lipinski definition) is 0. The molecule has 5 heteroatoms.